The summed E-state index contributed by atoms with van der Waals surface area (Å²) in [5.41, 5.74) is 0.636. The molecule has 1 amide bonds. The van der Waals surface area contributed by atoms with Gasteiger partial charge in [0, 0.05) is 6.04 Å². The molecule has 1 saturated carbocycles. The van der Waals surface area contributed by atoms with Crippen molar-refractivity contribution in [3.8, 4) is 5.75 Å². The quantitative estimate of drug-likeness (QED) is 0.880. The average Bonchev–Trinajstić information content (AvgIpc) is 3.12. The van der Waals surface area contributed by atoms with E-state index in [0.717, 1.165) is 12.8 Å². The number of halogens is 2. The largest absolute Gasteiger partial charge is 0.435 e. The number of alkyl halides is 2. The van der Waals surface area contributed by atoms with Crippen LogP contribution in [0.4, 0.5) is 8.78 Å². The average molecular weight is 281 g/mol. The van der Waals surface area contributed by atoms with Gasteiger partial charge in [0.1, 0.15) is 5.75 Å². The Kier molecular flexibility index (Phi) is 3.25. The Bertz CT molecular complexity index is 541. The minimum absolute atomic E-state index is 0.0578. The second kappa shape index (κ2) is 5.07. The first kappa shape index (κ1) is 12.8. The highest BCUT2D eigenvalue weighted by Gasteiger charge is 2.31. The van der Waals surface area contributed by atoms with E-state index in [1.165, 1.54) is 12.1 Å². The molecule has 106 valence electrons. The van der Waals surface area contributed by atoms with Crippen LogP contribution in [0.3, 0.4) is 0 Å². The smallest absolute Gasteiger partial charge is 0.387 e. The SMILES string of the molecule is O=C1NC(NC2CC2)=NC1c1ccc(OC(F)F)cc1. The highest BCUT2D eigenvalue weighted by molar-refractivity contribution is 6.05. The second-order valence-electron chi connectivity index (χ2n) is 4.74. The molecule has 1 atom stereocenters. The Morgan fingerprint density at radius 3 is 2.60 bits per heavy atom. The maximum atomic E-state index is 12.0. The molecular formula is C13H13F2N3O2. The summed E-state index contributed by atoms with van der Waals surface area (Å²) in [5.74, 6) is 0.313. The van der Waals surface area contributed by atoms with Crippen molar-refractivity contribution in [2.24, 2.45) is 4.99 Å². The molecular weight excluding hydrogens is 268 g/mol. The van der Waals surface area contributed by atoms with E-state index >= 15 is 0 Å². The minimum atomic E-state index is -2.86. The second-order valence-corrected chi connectivity index (χ2v) is 4.74. The number of ether oxygens (including phenoxy) is 1. The Balaban J connectivity index is 1.71. The number of hydrogen-bond acceptors (Lipinski definition) is 4. The summed E-state index contributed by atoms with van der Waals surface area (Å²) in [5, 5.41) is 5.78. The fraction of sp³-hybridized carbons (Fsp3) is 0.385. The molecule has 1 fully saturated rings. The third-order valence-corrected chi connectivity index (χ3v) is 3.09. The van der Waals surface area contributed by atoms with E-state index in [1.54, 1.807) is 12.1 Å². The van der Waals surface area contributed by atoms with Crippen LogP contribution in [0.1, 0.15) is 24.4 Å². The lowest BCUT2D eigenvalue weighted by molar-refractivity contribution is -0.120. The van der Waals surface area contributed by atoms with E-state index in [1.807, 2.05) is 0 Å². The van der Waals surface area contributed by atoms with Crippen molar-refractivity contribution in [3.05, 3.63) is 29.8 Å². The Hall–Kier alpha value is -2.18. The van der Waals surface area contributed by atoms with Gasteiger partial charge in [-0.15, -0.1) is 0 Å². The molecule has 0 radical (unpaired) electrons. The molecule has 0 aromatic heterocycles. The van der Waals surface area contributed by atoms with Crippen LogP contribution < -0.4 is 15.4 Å². The maximum Gasteiger partial charge on any atom is 0.387 e. The number of rotatable bonds is 4. The summed E-state index contributed by atoms with van der Waals surface area (Å²) < 4.78 is 28.4. The summed E-state index contributed by atoms with van der Waals surface area (Å²) in [6.07, 6.45) is 2.17. The lowest BCUT2D eigenvalue weighted by Crippen LogP contribution is -2.37. The first-order chi connectivity index (χ1) is 9.61. The van der Waals surface area contributed by atoms with Crippen LogP contribution in [0.5, 0.6) is 5.75 Å². The van der Waals surface area contributed by atoms with Crippen molar-refractivity contribution >= 4 is 11.9 Å². The van der Waals surface area contributed by atoms with Crippen LogP contribution in [-0.4, -0.2) is 24.5 Å². The summed E-state index contributed by atoms with van der Waals surface area (Å²) in [4.78, 5) is 16.1. The zero-order valence-corrected chi connectivity index (χ0v) is 10.5. The van der Waals surface area contributed by atoms with E-state index in [9.17, 15) is 13.6 Å². The third-order valence-electron chi connectivity index (χ3n) is 3.09. The first-order valence-electron chi connectivity index (χ1n) is 6.32. The van der Waals surface area contributed by atoms with Crippen molar-refractivity contribution in [1.82, 2.24) is 10.6 Å². The van der Waals surface area contributed by atoms with Gasteiger partial charge in [-0.05, 0) is 30.5 Å². The van der Waals surface area contributed by atoms with Crippen LogP contribution in [0.25, 0.3) is 0 Å². The summed E-state index contributed by atoms with van der Waals surface area (Å²) >= 11 is 0. The van der Waals surface area contributed by atoms with Crippen molar-refractivity contribution in [2.75, 3.05) is 0 Å². The third kappa shape index (κ3) is 2.87. The molecule has 20 heavy (non-hydrogen) atoms. The van der Waals surface area contributed by atoms with E-state index in [0.29, 0.717) is 17.6 Å². The van der Waals surface area contributed by atoms with Gasteiger partial charge in [-0.3, -0.25) is 10.1 Å². The van der Waals surface area contributed by atoms with Crippen LogP contribution in [0.2, 0.25) is 0 Å². The summed E-state index contributed by atoms with van der Waals surface area (Å²) in [6, 6.07) is 5.68. The standard InChI is InChI=1S/C13H13F2N3O2/c14-12(15)20-9-5-1-7(2-6-9)10-11(19)18-13(17-10)16-8-3-4-8/h1-2,5-6,8,10,12H,3-4H2,(H2,16,17,18,19). The summed E-state index contributed by atoms with van der Waals surface area (Å²) in [7, 11) is 0. The molecule has 0 bridgehead atoms. The maximum absolute atomic E-state index is 12.0. The number of nitrogens with one attached hydrogen (secondary N) is 2. The molecule has 1 unspecified atom stereocenters. The molecule has 2 aliphatic rings. The first-order valence-corrected chi connectivity index (χ1v) is 6.32. The fourth-order valence-corrected chi connectivity index (χ4v) is 1.96. The molecule has 0 spiro atoms. The predicted octanol–water partition coefficient (Wildman–Crippen LogP) is 1.57. The molecule has 5 nitrogen and oxygen atoms in total. The van der Waals surface area contributed by atoms with Gasteiger partial charge in [0.05, 0.1) is 0 Å². The molecule has 1 aliphatic carbocycles. The normalized spacial score (nSPS) is 21.6. The number of nitrogens with zero attached hydrogens (tertiary/aromatic N) is 1. The van der Waals surface area contributed by atoms with Gasteiger partial charge in [-0.25, -0.2) is 4.99 Å². The van der Waals surface area contributed by atoms with Gasteiger partial charge in [0.15, 0.2) is 12.0 Å². The van der Waals surface area contributed by atoms with Crippen LogP contribution >= 0.6 is 0 Å². The molecule has 2 N–H and O–H groups in total. The number of carbonyl (C=O) groups excluding carboxylic acids is 1. The highest BCUT2D eigenvalue weighted by atomic mass is 19.3. The monoisotopic (exact) mass is 281 g/mol. The van der Waals surface area contributed by atoms with E-state index < -0.39 is 12.7 Å². The predicted molar refractivity (Wildman–Crippen MR) is 67.6 cm³/mol. The van der Waals surface area contributed by atoms with Gasteiger partial charge in [0.25, 0.3) is 5.91 Å². The molecule has 3 rings (SSSR count). The van der Waals surface area contributed by atoms with E-state index in [2.05, 4.69) is 20.4 Å². The Morgan fingerprint density at radius 1 is 1.30 bits per heavy atom. The molecule has 1 heterocycles. The lowest BCUT2D eigenvalue weighted by Gasteiger charge is -2.07. The number of benzene rings is 1. The molecule has 1 aliphatic heterocycles. The number of carbonyl (C=O) groups is 1. The van der Waals surface area contributed by atoms with E-state index in [4.69, 9.17) is 0 Å². The number of guanidine groups is 1. The van der Waals surface area contributed by atoms with Gasteiger partial charge in [-0.1, -0.05) is 12.1 Å². The van der Waals surface area contributed by atoms with Crippen molar-refractivity contribution in [3.63, 3.8) is 0 Å². The lowest BCUT2D eigenvalue weighted by atomic mass is 10.1. The zero-order valence-electron chi connectivity index (χ0n) is 10.5. The van der Waals surface area contributed by atoms with Gasteiger partial charge < -0.3 is 10.1 Å². The fourth-order valence-electron chi connectivity index (χ4n) is 1.96. The summed E-state index contributed by atoms with van der Waals surface area (Å²) in [6.45, 7) is -2.86. The number of hydrogen-bond donors (Lipinski definition) is 2. The van der Waals surface area contributed by atoms with Gasteiger partial charge >= 0.3 is 6.61 Å². The van der Waals surface area contributed by atoms with Crippen LogP contribution in [0, 0.1) is 0 Å². The van der Waals surface area contributed by atoms with Crippen molar-refractivity contribution in [1.29, 1.82) is 0 Å². The van der Waals surface area contributed by atoms with Gasteiger partial charge in [0.2, 0.25) is 0 Å². The number of amides is 1. The minimum Gasteiger partial charge on any atom is -0.435 e. The molecule has 1 aromatic rings. The number of aliphatic imine (C=N–C) groups is 1. The van der Waals surface area contributed by atoms with E-state index in [-0.39, 0.29) is 11.7 Å². The van der Waals surface area contributed by atoms with Gasteiger partial charge in [-0.2, -0.15) is 8.78 Å². The van der Waals surface area contributed by atoms with Crippen molar-refractivity contribution < 1.29 is 18.3 Å². The van der Waals surface area contributed by atoms with Crippen LogP contribution in [-0.2, 0) is 4.79 Å². The topological polar surface area (TPSA) is 62.7 Å². The molecule has 7 heteroatoms. The zero-order chi connectivity index (χ0) is 14.1. The van der Waals surface area contributed by atoms with Crippen molar-refractivity contribution in [2.45, 2.75) is 31.5 Å². The van der Waals surface area contributed by atoms with Crippen LogP contribution in [0.15, 0.2) is 29.3 Å². The highest BCUT2D eigenvalue weighted by Crippen LogP contribution is 2.25. The molecule has 0 saturated heterocycles. The molecule has 1 aromatic carbocycles. The Labute approximate surface area is 114 Å². The Morgan fingerprint density at radius 2 is 2.00 bits per heavy atom.